The first kappa shape index (κ1) is 24.0. The van der Waals surface area contributed by atoms with E-state index in [2.05, 4.69) is 5.32 Å². The van der Waals surface area contributed by atoms with Crippen LogP contribution in [0.5, 0.6) is 0 Å². The van der Waals surface area contributed by atoms with E-state index in [0.717, 1.165) is 0 Å². The van der Waals surface area contributed by atoms with E-state index in [1.165, 1.54) is 4.90 Å². The SMILES string of the molecule is NC(=O)c1c(I)c(C(=O)NCC(O)CO)c(I)c(N2CCCC(O)C2=O)c1I. The number of benzene rings is 1. The molecule has 154 valence electrons. The van der Waals surface area contributed by atoms with Gasteiger partial charge in [0.15, 0.2) is 0 Å². The second-order valence-electron chi connectivity index (χ2n) is 6.10. The summed E-state index contributed by atoms with van der Waals surface area (Å²) >= 11 is 5.69. The molecule has 1 fully saturated rings. The van der Waals surface area contributed by atoms with Crippen LogP contribution in [0.2, 0.25) is 0 Å². The second-order valence-corrected chi connectivity index (χ2v) is 9.34. The number of piperidine rings is 1. The molecular weight excluding hydrogens is 711 g/mol. The number of rotatable bonds is 6. The Balaban J connectivity index is 2.63. The van der Waals surface area contributed by atoms with Gasteiger partial charge in [-0.15, -0.1) is 0 Å². The number of hydrogen-bond donors (Lipinski definition) is 5. The molecule has 2 rings (SSSR count). The molecule has 1 heterocycles. The third kappa shape index (κ3) is 4.88. The number of halogens is 3. The van der Waals surface area contributed by atoms with E-state index < -0.39 is 36.5 Å². The molecule has 0 radical (unpaired) electrons. The van der Waals surface area contributed by atoms with E-state index in [4.69, 9.17) is 10.8 Å². The molecule has 3 amide bonds. The molecule has 2 unspecified atom stereocenters. The molecule has 1 aromatic carbocycles. The van der Waals surface area contributed by atoms with Crippen LogP contribution in [0.25, 0.3) is 0 Å². The van der Waals surface area contributed by atoms with Crippen molar-refractivity contribution in [1.29, 1.82) is 0 Å². The second kappa shape index (κ2) is 10.1. The van der Waals surface area contributed by atoms with Crippen molar-refractivity contribution < 1.29 is 29.7 Å². The molecule has 0 saturated carbocycles. The summed E-state index contributed by atoms with van der Waals surface area (Å²) < 4.78 is 1.17. The number of nitrogens with two attached hydrogens (primary N) is 1. The van der Waals surface area contributed by atoms with Gasteiger partial charge in [-0.05, 0) is 80.6 Å². The van der Waals surface area contributed by atoms with E-state index >= 15 is 0 Å². The summed E-state index contributed by atoms with van der Waals surface area (Å²) in [5.74, 6) is -1.83. The predicted molar refractivity (Wildman–Crippen MR) is 126 cm³/mol. The molecule has 2 atom stereocenters. The smallest absolute Gasteiger partial charge is 0.255 e. The lowest BCUT2D eigenvalue weighted by Crippen LogP contribution is -2.45. The standard InChI is InChI=1S/C16H18I3N3O6/c17-10-8(14(20)26)11(18)13(22-3-1-2-7(25)16(22)28)12(19)9(10)15(27)21-4-6(24)5-23/h6-7,23-25H,1-5H2,(H2,20,26)(H,21,27). The molecule has 28 heavy (non-hydrogen) atoms. The minimum absolute atomic E-state index is 0.109. The van der Waals surface area contributed by atoms with Crippen LogP contribution < -0.4 is 16.0 Å². The number of hydrogen-bond acceptors (Lipinski definition) is 6. The normalized spacial score (nSPS) is 18.1. The zero-order valence-electron chi connectivity index (χ0n) is 14.4. The number of anilines is 1. The van der Waals surface area contributed by atoms with Crippen molar-refractivity contribution in [3.8, 4) is 0 Å². The number of carbonyl (C=O) groups excluding carboxylic acids is 3. The molecule has 9 nitrogen and oxygen atoms in total. The molecule has 1 aliphatic heterocycles. The van der Waals surface area contributed by atoms with Crippen molar-refractivity contribution in [1.82, 2.24) is 5.32 Å². The highest BCUT2D eigenvalue weighted by molar-refractivity contribution is 14.1. The van der Waals surface area contributed by atoms with Crippen LogP contribution in [-0.2, 0) is 4.79 Å². The van der Waals surface area contributed by atoms with E-state index in [0.29, 0.717) is 35.8 Å². The minimum atomic E-state index is -1.14. The molecule has 0 aliphatic carbocycles. The number of amides is 3. The van der Waals surface area contributed by atoms with Gasteiger partial charge in [0.2, 0.25) is 0 Å². The van der Waals surface area contributed by atoms with Gasteiger partial charge in [0.25, 0.3) is 17.7 Å². The van der Waals surface area contributed by atoms with Gasteiger partial charge in [-0.1, -0.05) is 0 Å². The van der Waals surface area contributed by atoms with E-state index in [-0.39, 0.29) is 17.7 Å². The molecular formula is C16H18I3N3O6. The first-order valence-electron chi connectivity index (χ1n) is 8.18. The quantitative estimate of drug-likeness (QED) is 0.264. The van der Waals surface area contributed by atoms with Gasteiger partial charge in [-0.3, -0.25) is 14.4 Å². The summed E-state index contributed by atoms with van der Waals surface area (Å²) in [5, 5.41) is 30.8. The van der Waals surface area contributed by atoms with Crippen LogP contribution in [0, 0.1) is 10.7 Å². The number of nitrogens with zero attached hydrogens (tertiary/aromatic N) is 1. The fourth-order valence-corrected chi connectivity index (χ4v) is 7.52. The Morgan fingerprint density at radius 2 is 1.82 bits per heavy atom. The van der Waals surface area contributed by atoms with Gasteiger partial charge < -0.3 is 31.3 Å². The summed E-state index contributed by atoms with van der Waals surface area (Å²) in [7, 11) is 0. The van der Waals surface area contributed by atoms with Gasteiger partial charge in [-0.25, -0.2) is 0 Å². The maximum Gasteiger partial charge on any atom is 0.255 e. The Kier molecular flexibility index (Phi) is 8.68. The molecule has 1 saturated heterocycles. The zero-order chi connectivity index (χ0) is 21.2. The topological polar surface area (TPSA) is 153 Å². The minimum Gasteiger partial charge on any atom is -0.394 e. The van der Waals surface area contributed by atoms with Gasteiger partial charge in [-0.2, -0.15) is 0 Å². The summed E-state index contributed by atoms with van der Waals surface area (Å²) in [4.78, 5) is 38.7. The van der Waals surface area contributed by atoms with E-state index in [1.807, 2.05) is 67.8 Å². The van der Waals surface area contributed by atoms with Gasteiger partial charge >= 0.3 is 0 Å². The van der Waals surface area contributed by atoms with Gasteiger partial charge in [0, 0.05) is 16.7 Å². The van der Waals surface area contributed by atoms with Crippen molar-refractivity contribution in [2.45, 2.75) is 25.0 Å². The van der Waals surface area contributed by atoms with E-state index in [9.17, 15) is 24.6 Å². The number of aliphatic hydroxyl groups excluding tert-OH is 3. The fraction of sp³-hybridized carbons (Fsp3) is 0.438. The highest BCUT2D eigenvalue weighted by Gasteiger charge is 2.35. The lowest BCUT2D eigenvalue weighted by molar-refractivity contribution is -0.128. The first-order valence-corrected chi connectivity index (χ1v) is 11.4. The van der Waals surface area contributed by atoms with Gasteiger partial charge in [0.1, 0.15) is 6.10 Å². The molecule has 0 spiro atoms. The lowest BCUT2D eigenvalue weighted by atomic mass is 10.0. The third-order valence-corrected chi connectivity index (χ3v) is 7.34. The Hall–Kier alpha value is -0.300. The van der Waals surface area contributed by atoms with Crippen molar-refractivity contribution in [3.05, 3.63) is 21.8 Å². The van der Waals surface area contributed by atoms with Crippen LogP contribution in [0.1, 0.15) is 33.6 Å². The zero-order valence-corrected chi connectivity index (χ0v) is 20.9. The van der Waals surface area contributed by atoms with Crippen LogP contribution in [0.3, 0.4) is 0 Å². The van der Waals surface area contributed by atoms with Crippen molar-refractivity contribution in [2.24, 2.45) is 5.73 Å². The highest BCUT2D eigenvalue weighted by Crippen LogP contribution is 2.39. The van der Waals surface area contributed by atoms with Crippen LogP contribution >= 0.6 is 67.8 Å². The summed E-state index contributed by atoms with van der Waals surface area (Å²) in [5.41, 5.74) is 6.13. The van der Waals surface area contributed by atoms with E-state index in [1.54, 1.807) is 0 Å². The number of aliphatic hydroxyl groups is 3. The molecule has 1 aromatic rings. The fourth-order valence-electron chi connectivity index (χ4n) is 2.75. The molecule has 0 aromatic heterocycles. The Bertz CT molecular complexity index is 820. The molecule has 6 N–H and O–H groups in total. The number of primary amides is 1. The molecule has 12 heteroatoms. The summed E-state index contributed by atoms with van der Waals surface area (Å²) in [6.45, 7) is -0.361. The maximum absolute atomic E-state index is 12.8. The lowest BCUT2D eigenvalue weighted by Gasteiger charge is -2.32. The third-order valence-electron chi connectivity index (χ3n) is 4.16. The molecule has 1 aliphatic rings. The van der Waals surface area contributed by atoms with Crippen molar-refractivity contribution in [3.63, 3.8) is 0 Å². The Morgan fingerprint density at radius 3 is 2.39 bits per heavy atom. The summed E-state index contributed by atoms with van der Waals surface area (Å²) in [6.07, 6.45) is -1.35. The van der Waals surface area contributed by atoms with Crippen LogP contribution in [-0.4, -0.2) is 64.9 Å². The van der Waals surface area contributed by atoms with Crippen molar-refractivity contribution >= 4 is 91.2 Å². The Labute approximate surface area is 201 Å². The largest absolute Gasteiger partial charge is 0.394 e. The van der Waals surface area contributed by atoms with Crippen LogP contribution in [0.15, 0.2) is 0 Å². The average Bonchev–Trinajstić information content (AvgIpc) is 2.62. The number of nitrogens with one attached hydrogen (secondary N) is 1. The average molecular weight is 729 g/mol. The number of carbonyl (C=O) groups is 3. The summed E-state index contributed by atoms with van der Waals surface area (Å²) in [6, 6.07) is 0. The molecule has 0 bridgehead atoms. The van der Waals surface area contributed by atoms with Gasteiger partial charge in [0.05, 0.1) is 36.7 Å². The predicted octanol–water partition coefficient (Wildman–Crippen LogP) is 0.170. The first-order chi connectivity index (χ1) is 13.1. The highest BCUT2D eigenvalue weighted by atomic mass is 127. The Morgan fingerprint density at radius 1 is 1.21 bits per heavy atom. The monoisotopic (exact) mass is 729 g/mol. The van der Waals surface area contributed by atoms with Crippen LogP contribution in [0.4, 0.5) is 5.69 Å². The van der Waals surface area contributed by atoms with Crippen molar-refractivity contribution in [2.75, 3.05) is 24.6 Å². The maximum atomic E-state index is 12.8.